The zero-order valence-electron chi connectivity index (χ0n) is 12.7. The SMILES string of the molecule is CC(C)(C(=O)O)C1CCCN(Cc2noc(C3CC3)n2)C1. The summed E-state index contributed by atoms with van der Waals surface area (Å²) in [6, 6.07) is 0. The average molecular weight is 293 g/mol. The van der Waals surface area contributed by atoms with Gasteiger partial charge in [0.2, 0.25) is 5.89 Å². The van der Waals surface area contributed by atoms with E-state index in [1.54, 1.807) is 0 Å². The predicted molar refractivity (Wildman–Crippen MR) is 75.7 cm³/mol. The van der Waals surface area contributed by atoms with Gasteiger partial charge >= 0.3 is 5.97 Å². The van der Waals surface area contributed by atoms with Crippen LogP contribution in [0.2, 0.25) is 0 Å². The highest BCUT2D eigenvalue weighted by molar-refractivity contribution is 5.74. The number of carbonyl (C=O) groups is 1. The number of likely N-dealkylation sites (tertiary alicyclic amines) is 1. The molecule has 2 aliphatic rings. The van der Waals surface area contributed by atoms with Gasteiger partial charge in [-0.2, -0.15) is 4.98 Å². The Morgan fingerprint density at radius 3 is 2.86 bits per heavy atom. The van der Waals surface area contributed by atoms with Gasteiger partial charge in [0.1, 0.15) is 0 Å². The van der Waals surface area contributed by atoms with Crippen molar-refractivity contribution in [1.29, 1.82) is 0 Å². The van der Waals surface area contributed by atoms with E-state index in [0.717, 1.165) is 50.5 Å². The Morgan fingerprint density at radius 1 is 1.43 bits per heavy atom. The molecule has 6 heteroatoms. The third kappa shape index (κ3) is 3.10. The van der Waals surface area contributed by atoms with Crippen LogP contribution in [0.25, 0.3) is 0 Å². The van der Waals surface area contributed by atoms with Gasteiger partial charge in [-0.1, -0.05) is 5.16 Å². The molecule has 0 radical (unpaired) electrons. The molecule has 6 nitrogen and oxygen atoms in total. The van der Waals surface area contributed by atoms with E-state index < -0.39 is 11.4 Å². The molecule has 1 aliphatic heterocycles. The minimum Gasteiger partial charge on any atom is -0.481 e. The fraction of sp³-hybridized carbons (Fsp3) is 0.800. The quantitative estimate of drug-likeness (QED) is 0.897. The second-order valence-electron chi connectivity index (χ2n) is 6.92. The normalized spacial score (nSPS) is 24.2. The van der Waals surface area contributed by atoms with Crippen LogP contribution in [-0.2, 0) is 11.3 Å². The van der Waals surface area contributed by atoms with Crippen LogP contribution in [-0.4, -0.2) is 39.2 Å². The lowest BCUT2D eigenvalue weighted by atomic mass is 9.74. The number of hydrogen-bond donors (Lipinski definition) is 1. The van der Waals surface area contributed by atoms with Crippen molar-refractivity contribution in [3.05, 3.63) is 11.7 Å². The molecule has 1 N–H and O–H groups in total. The van der Waals surface area contributed by atoms with Crippen LogP contribution >= 0.6 is 0 Å². The molecular weight excluding hydrogens is 270 g/mol. The van der Waals surface area contributed by atoms with Crippen LogP contribution in [0.4, 0.5) is 0 Å². The van der Waals surface area contributed by atoms with Crippen LogP contribution in [0.1, 0.15) is 57.2 Å². The number of carboxylic acid groups (broad SMARTS) is 1. The molecule has 2 fully saturated rings. The van der Waals surface area contributed by atoms with Crippen LogP contribution in [0, 0.1) is 11.3 Å². The van der Waals surface area contributed by atoms with Crippen molar-refractivity contribution in [3.63, 3.8) is 0 Å². The van der Waals surface area contributed by atoms with Gasteiger partial charge in [0.25, 0.3) is 0 Å². The molecule has 0 spiro atoms. The number of aromatic nitrogens is 2. The third-order valence-electron chi connectivity index (χ3n) is 4.85. The number of piperidine rings is 1. The van der Waals surface area contributed by atoms with E-state index in [4.69, 9.17) is 4.52 Å². The van der Waals surface area contributed by atoms with Gasteiger partial charge in [0.15, 0.2) is 5.82 Å². The van der Waals surface area contributed by atoms with Gasteiger partial charge in [-0.15, -0.1) is 0 Å². The molecule has 0 bridgehead atoms. The van der Waals surface area contributed by atoms with E-state index in [-0.39, 0.29) is 5.92 Å². The summed E-state index contributed by atoms with van der Waals surface area (Å²) in [6.07, 6.45) is 4.30. The molecule has 1 saturated heterocycles. The van der Waals surface area contributed by atoms with E-state index >= 15 is 0 Å². The third-order valence-corrected chi connectivity index (χ3v) is 4.85. The average Bonchev–Trinajstić information content (AvgIpc) is 3.20. The van der Waals surface area contributed by atoms with E-state index in [1.165, 1.54) is 0 Å². The number of carboxylic acids is 1. The summed E-state index contributed by atoms with van der Waals surface area (Å²) in [5, 5.41) is 13.4. The first-order valence-electron chi connectivity index (χ1n) is 7.75. The second-order valence-corrected chi connectivity index (χ2v) is 6.92. The Hall–Kier alpha value is -1.43. The zero-order valence-corrected chi connectivity index (χ0v) is 12.7. The maximum Gasteiger partial charge on any atom is 0.309 e. The first-order valence-corrected chi connectivity index (χ1v) is 7.75. The Bertz CT molecular complexity index is 522. The molecule has 21 heavy (non-hydrogen) atoms. The standard InChI is InChI=1S/C15H23N3O3/c1-15(2,14(19)20)11-4-3-7-18(8-11)9-12-16-13(21-17-12)10-5-6-10/h10-11H,3-9H2,1-2H3,(H,19,20). The monoisotopic (exact) mass is 293 g/mol. The van der Waals surface area contributed by atoms with Crippen LogP contribution in [0.5, 0.6) is 0 Å². The fourth-order valence-corrected chi connectivity index (χ4v) is 2.99. The van der Waals surface area contributed by atoms with Crippen LogP contribution in [0.3, 0.4) is 0 Å². The predicted octanol–water partition coefficient (Wildman–Crippen LogP) is 2.27. The van der Waals surface area contributed by atoms with Gasteiger partial charge < -0.3 is 9.63 Å². The van der Waals surface area contributed by atoms with Crippen molar-refractivity contribution >= 4 is 5.97 Å². The first kappa shape index (κ1) is 14.5. The molecule has 0 aromatic carbocycles. The Kier molecular flexibility index (Phi) is 3.73. The summed E-state index contributed by atoms with van der Waals surface area (Å²) in [5.74, 6) is 1.42. The molecular formula is C15H23N3O3. The molecule has 1 saturated carbocycles. The van der Waals surface area contributed by atoms with Crippen molar-refractivity contribution in [1.82, 2.24) is 15.0 Å². The molecule has 1 atom stereocenters. The fourth-order valence-electron chi connectivity index (χ4n) is 2.99. The van der Waals surface area contributed by atoms with E-state index in [2.05, 4.69) is 15.0 Å². The molecule has 3 rings (SSSR count). The molecule has 1 aromatic rings. The summed E-state index contributed by atoms with van der Waals surface area (Å²) < 4.78 is 5.28. The smallest absolute Gasteiger partial charge is 0.309 e. The van der Waals surface area contributed by atoms with E-state index in [1.807, 2.05) is 13.8 Å². The van der Waals surface area contributed by atoms with Crippen LogP contribution in [0.15, 0.2) is 4.52 Å². The van der Waals surface area contributed by atoms with Crippen molar-refractivity contribution in [2.45, 2.75) is 52.0 Å². The van der Waals surface area contributed by atoms with Crippen molar-refractivity contribution in [2.75, 3.05) is 13.1 Å². The molecule has 0 amide bonds. The summed E-state index contributed by atoms with van der Waals surface area (Å²) in [6.45, 7) is 6.06. The summed E-state index contributed by atoms with van der Waals surface area (Å²) >= 11 is 0. The minimum absolute atomic E-state index is 0.165. The maximum atomic E-state index is 11.4. The highest BCUT2D eigenvalue weighted by Gasteiger charge is 2.39. The van der Waals surface area contributed by atoms with Gasteiger partial charge in [0, 0.05) is 12.5 Å². The van der Waals surface area contributed by atoms with Gasteiger partial charge in [0.05, 0.1) is 12.0 Å². The highest BCUT2D eigenvalue weighted by atomic mass is 16.5. The maximum absolute atomic E-state index is 11.4. The van der Waals surface area contributed by atoms with E-state index in [0.29, 0.717) is 12.5 Å². The lowest BCUT2D eigenvalue weighted by Gasteiger charge is -2.38. The topological polar surface area (TPSA) is 79.5 Å². The second kappa shape index (κ2) is 5.40. The molecule has 2 heterocycles. The number of hydrogen-bond acceptors (Lipinski definition) is 5. The number of nitrogens with zero attached hydrogens (tertiary/aromatic N) is 3. The zero-order chi connectivity index (χ0) is 15.0. The number of rotatable bonds is 5. The lowest BCUT2D eigenvalue weighted by Crippen LogP contribution is -2.44. The van der Waals surface area contributed by atoms with Gasteiger partial charge in [-0.05, 0) is 52.0 Å². The number of aliphatic carboxylic acids is 1. The van der Waals surface area contributed by atoms with Crippen molar-refractivity contribution in [3.8, 4) is 0 Å². The molecule has 116 valence electrons. The largest absolute Gasteiger partial charge is 0.481 e. The highest BCUT2D eigenvalue weighted by Crippen LogP contribution is 2.39. The van der Waals surface area contributed by atoms with Crippen molar-refractivity contribution < 1.29 is 14.4 Å². The Morgan fingerprint density at radius 2 is 2.19 bits per heavy atom. The van der Waals surface area contributed by atoms with Gasteiger partial charge in [-0.25, -0.2) is 0 Å². The summed E-state index contributed by atoms with van der Waals surface area (Å²) in [5.41, 5.74) is -0.685. The van der Waals surface area contributed by atoms with Gasteiger partial charge in [-0.3, -0.25) is 9.69 Å². The first-order chi connectivity index (χ1) is 9.96. The lowest BCUT2D eigenvalue weighted by molar-refractivity contribution is -0.151. The minimum atomic E-state index is -0.718. The summed E-state index contributed by atoms with van der Waals surface area (Å²) in [7, 11) is 0. The Labute approximate surface area is 124 Å². The van der Waals surface area contributed by atoms with E-state index in [9.17, 15) is 9.90 Å². The molecule has 1 aliphatic carbocycles. The van der Waals surface area contributed by atoms with Crippen molar-refractivity contribution in [2.24, 2.45) is 11.3 Å². The molecule has 1 aromatic heterocycles. The summed E-state index contributed by atoms with van der Waals surface area (Å²) in [4.78, 5) is 18.1. The molecule has 1 unspecified atom stereocenters. The van der Waals surface area contributed by atoms with Crippen LogP contribution < -0.4 is 0 Å². The Balaban J connectivity index is 1.61.